The van der Waals surface area contributed by atoms with Crippen LogP contribution >= 0.6 is 11.3 Å². The van der Waals surface area contributed by atoms with Crippen molar-refractivity contribution in [1.82, 2.24) is 9.21 Å². The minimum Gasteiger partial charge on any atom is -0.336 e. The van der Waals surface area contributed by atoms with Crippen molar-refractivity contribution < 1.29 is 18.0 Å². The Labute approximate surface area is 191 Å². The number of nitrogens with zero attached hydrogens (tertiary/aromatic N) is 2. The number of nitrogens with one attached hydrogen (secondary N) is 1. The highest BCUT2D eigenvalue weighted by atomic mass is 32.2. The lowest BCUT2D eigenvalue weighted by atomic mass is 10.1. The zero-order valence-electron chi connectivity index (χ0n) is 17.3. The van der Waals surface area contributed by atoms with Gasteiger partial charge < -0.3 is 10.2 Å². The number of anilines is 1. The summed E-state index contributed by atoms with van der Waals surface area (Å²) in [5.74, 6) is -0.561. The number of sulfonamides is 1. The topological polar surface area (TPSA) is 86.8 Å². The van der Waals surface area contributed by atoms with Crippen LogP contribution in [0.2, 0.25) is 0 Å². The van der Waals surface area contributed by atoms with Gasteiger partial charge in [0.25, 0.3) is 11.8 Å². The molecular weight excluding hydrogens is 446 g/mol. The predicted octanol–water partition coefficient (Wildman–Crippen LogP) is 3.29. The number of carbonyl (C=O) groups excluding carboxylic acids is 2. The van der Waals surface area contributed by atoms with Crippen LogP contribution in [0.5, 0.6) is 0 Å². The lowest BCUT2D eigenvalue weighted by Crippen LogP contribution is -2.50. The van der Waals surface area contributed by atoms with Gasteiger partial charge in [-0.25, -0.2) is 8.42 Å². The maximum atomic E-state index is 13.1. The molecule has 0 bridgehead atoms. The van der Waals surface area contributed by atoms with Gasteiger partial charge in [-0.05, 0) is 29.1 Å². The summed E-state index contributed by atoms with van der Waals surface area (Å²) in [6, 6.07) is 17.6. The number of rotatable bonds is 6. The number of benzene rings is 2. The van der Waals surface area contributed by atoms with Gasteiger partial charge in [-0.15, -0.1) is 0 Å². The van der Waals surface area contributed by atoms with Gasteiger partial charge in [-0.2, -0.15) is 15.6 Å². The third-order valence-corrected chi connectivity index (χ3v) is 7.83. The molecule has 166 valence electrons. The van der Waals surface area contributed by atoms with E-state index in [0.29, 0.717) is 29.9 Å². The fourth-order valence-corrected chi connectivity index (χ4v) is 5.73. The molecule has 0 spiro atoms. The summed E-state index contributed by atoms with van der Waals surface area (Å²) in [5, 5.41) is 6.37. The van der Waals surface area contributed by atoms with Gasteiger partial charge >= 0.3 is 0 Å². The van der Waals surface area contributed by atoms with Crippen LogP contribution in [-0.4, -0.2) is 55.6 Å². The van der Waals surface area contributed by atoms with Crippen molar-refractivity contribution in [3.63, 3.8) is 0 Å². The molecule has 2 amide bonds. The highest BCUT2D eigenvalue weighted by molar-refractivity contribution is 7.88. The summed E-state index contributed by atoms with van der Waals surface area (Å²) >= 11 is 1.42. The Morgan fingerprint density at radius 3 is 2.28 bits per heavy atom. The average Bonchev–Trinajstić information content (AvgIpc) is 3.35. The van der Waals surface area contributed by atoms with E-state index in [2.05, 4.69) is 5.32 Å². The lowest BCUT2D eigenvalue weighted by molar-refractivity contribution is 0.0699. The number of carbonyl (C=O) groups is 2. The largest absolute Gasteiger partial charge is 0.336 e. The van der Waals surface area contributed by atoms with Crippen molar-refractivity contribution in [3.8, 4) is 0 Å². The second kappa shape index (κ2) is 9.64. The fourth-order valence-electron chi connectivity index (χ4n) is 3.58. The Balaban J connectivity index is 1.41. The van der Waals surface area contributed by atoms with Crippen LogP contribution in [0.1, 0.15) is 26.3 Å². The highest BCUT2D eigenvalue weighted by Crippen LogP contribution is 2.21. The van der Waals surface area contributed by atoms with Gasteiger partial charge in [0, 0.05) is 31.6 Å². The van der Waals surface area contributed by atoms with Gasteiger partial charge in [0.15, 0.2) is 0 Å². The van der Waals surface area contributed by atoms with Gasteiger partial charge in [-0.1, -0.05) is 42.5 Å². The van der Waals surface area contributed by atoms with E-state index in [0.717, 1.165) is 5.56 Å². The number of hydrogen-bond donors (Lipinski definition) is 1. The number of para-hydroxylation sites is 1. The number of amides is 2. The Morgan fingerprint density at radius 1 is 0.906 bits per heavy atom. The van der Waals surface area contributed by atoms with Crippen molar-refractivity contribution in [2.45, 2.75) is 5.75 Å². The molecule has 0 aliphatic carbocycles. The third kappa shape index (κ3) is 5.07. The molecule has 1 N–H and O–H groups in total. The summed E-state index contributed by atoms with van der Waals surface area (Å²) < 4.78 is 27.0. The van der Waals surface area contributed by atoms with Crippen LogP contribution in [0.3, 0.4) is 0 Å². The van der Waals surface area contributed by atoms with E-state index in [-0.39, 0.29) is 30.7 Å². The van der Waals surface area contributed by atoms with Gasteiger partial charge in [-0.3, -0.25) is 9.59 Å². The van der Waals surface area contributed by atoms with Gasteiger partial charge in [0.1, 0.15) is 0 Å². The van der Waals surface area contributed by atoms with Crippen LogP contribution < -0.4 is 5.32 Å². The average molecular weight is 470 g/mol. The molecule has 4 rings (SSSR count). The first-order valence-electron chi connectivity index (χ1n) is 10.2. The zero-order chi connectivity index (χ0) is 22.6. The molecular formula is C23H23N3O4S2. The third-order valence-electron chi connectivity index (χ3n) is 5.30. The summed E-state index contributed by atoms with van der Waals surface area (Å²) in [4.78, 5) is 27.2. The van der Waals surface area contributed by atoms with Crippen LogP contribution in [0, 0.1) is 0 Å². The number of hydrogen-bond acceptors (Lipinski definition) is 5. The predicted molar refractivity (Wildman–Crippen MR) is 125 cm³/mol. The van der Waals surface area contributed by atoms with Crippen molar-refractivity contribution in [1.29, 1.82) is 0 Å². The second-order valence-corrected chi connectivity index (χ2v) is 10.2. The monoisotopic (exact) mass is 469 g/mol. The Bertz CT molecular complexity index is 1190. The van der Waals surface area contributed by atoms with E-state index < -0.39 is 10.0 Å². The van der Waals surface area contributed by atoms with E-state index in [9.17, 15) is 18.0 Å². The molecule has 0 unspecified atom stereocenters. The molecule has 7 nitrogen and oxygen atoms in total. The minimum atomic E-state index is -3.46. The van der Waals surface area contributed by atoms with E-state index in [1.807, 2.05) is 23.6 Å². The van der Waals surface area contributed by atoms with Crippen LogP contribution in [0.15, 0.2) is 71.4 Å². The molecule has 9 heteroatoms. The minimum absolute atomic E-state index is 0.0563. The first-order valence-corrected chi connectivity index (χ1v) is 12.7. The van der Waals surface area contributed by atoms with Crippen LogP contribution in [0.25, 0.3) is 0 Å². The highest BCUT2D eigenvalue weighted by Gasteiger charge is 2.30. The van der Waals surface area contributed by atoms with Crippen molar-refractivity contribution in [2.24, 2.45) is 0 Å². The molecule has 1 aromatic heterocycles. The number of piperazine rings is 1. The molecule has 2 heterocycles. The normalized spacial score (nSPS) is 14.8. The molecule has 32 heavy (non-hydrogen) atoms. The maximum absolute atomic E-state index is 13.1. The van der Waals surface area contributed by atoms with E-state index in [4.69, 9.17) is 0 Å². The summed E-state index contributed by atoms with van der Waals surface area (Å²) in [7, 11) is -3.46. The smallest absolute Gasteiger partial charge is 0.256 e. The van der Waals surface area contributed by atoms with E-state index in [1.54, 1.807) is 52.7 Å². The van der Waals surface area contributed by atoms with Crippen LogP contribution in [-0.2, 0) is 15.8 Å². The standard InChI is InChI=1S/C23H23N3O4S2/c27-22(19-10-15-31-16-19)24-21-9-5-4-8-20(21)23(28)25-11-13-26(14-12-25)32(29,30)17-18-6-2-1-3-7-18/h1-10,15-16H,11-14,17H2,(H,24,27). The first-order chi connectivity index (χ1) is 15.4. The van der Waals surface area contributed by atoms with Crippen LogP contribution in [0.4, 0.5) is 5.69 Å². The molecule has 0 saturated carbocycles. The summed E-state index contributed by atoms with van der Waals surface area (Å²) in [6.45, 7) is 1.06. The molecule has 1 saturated heterocycles. The van der Waals surface area contributed by atoms with Gasteiger partial charge in [0.2, 0.25) is 10.0 Å². The zero-order valence-corrected chi connectivity index (χ0v) is 18.9. The van der Waals surface area contributed by atoms with Gasteiger partial charge in [0.05, 0.1) is 22.6 Å². The van der Waals surface area contributed by atoms with Crippen molar-refractivity contribution in [3.05, 3.63) is 88.1 Å². The lowest BCUT2D eigenvalue weighted by Gasteiger charge is -2.34. The first kappa shape index (κ1) is 22.2. The van der Waals surface area contributed by atoms with Crippen molar-refractivity contribution in [2.75, 3.05) is 31.5 Å². The second-order valence-electron chi connectivity index (χ2n) is 7.44. The Hall–Kier alpha value is -3.01. The maximum Gasteiger partial charge on any atom is 0.256 e. The fraction of sp³-hybridized carbons (Fsp3) is 0.217. The molecule has 0 atom stereocenters. The molecule has 1 aliphatic rings. The SMILES string of the molecule is O=C(Nc1ccccc1C(=O)N1CCN(S(=O)(=O)Cc2ccccc2)CC1)c1ccsc1. The molecule has 2 aromatic carbocycles. The molecule has 3 aromatic rings. The molecule has 0 radical (unpaired) electrons. The molecule has 1 fully saturated rings. The number of thiophene rings is 1. The van der Waals surface area contributed by atoms with E-state index in [1.165, 1.54) is 15.6 Å². The Morgan fingerprint density at radius 2 is 1.59 bits per heavy atom. The Kier molecular flexibility index (Phi) is 6.69. The van der Waals surface area contributed by atoms with Crippen molar-refractivity contribution >= 4 is 38.9 Å². The summed E-state index contributed by atoms with van der Waals surface area (Å²) in [5.41, 5.74) is 2.10. The summed E-state index contributed by atoms with van der Waals surface area (Å²) in [6.07, 6.45) is 0. The van der Waals surface area contributed by atoms with E-state index >= 15 is 0 Å². The molecule has 1 aliphatic heterocycles. The quantitative estimate of drug-likeness (QED) is 0.600.